The van der Waals surface area contributed by atoms with Gasteiger partial charge in [0.2, 0.25) is 0 Å². The molecule has 1 aliphatic heterocycles. The van der Waals surface area contributed by atoms with Crippen molar-refractivity contribution in [1.29, 1.82) is 0 Å². The standard InChI is InChI=1S/C10H6FNO3/c11-9(13)12(10(14)15)6-5-7-3-1-2-4-8(7)12/h1-6H/t12-/m1/s1. The number of quaternary nitrogens is 1. The number of amides is 2. The zero-order valence-electron chi connectivity index (χ0n) is 7.51. The lowest BCUT2D eigenvalue weighted by Gasteiger charge is -2.24. The van der Waals surface area contributed by atoms with Crippen LogP contribution in [-0.2, 0) is 0 Å². The summed E-state index contributed by atoms with van der Waals surface area (Å²) in [6.07, 6.45) is -1.45. The molecule has 0 aliphatic carbocycles. The second-order valence-electron chi connectivity index (χ2n) is 3.12. The van der Waals surface area contributed by atoms with Gasteiger partial charge in [0.05, 0.1) is 0 Å². The van der Waals surface area contributed by atoms with Gasteiger partial charge in [0.25, 0.3) is 6.09 Å². The number of hydrogen-bond acceptors (Lipinski definition) is 3. The van der Waals surface area contributed by atoms with Crippen LogP contribution in [0.5, 0.6) is 0 Å². The first-order valence-corrected chi connectivity index (χ1v) is 4.18. The van der Waals surface area contributed by atoms with Crippen LogP contribution in [0.4, 0.5) is 19.7 Å². The molecular weight excluding hydrogens is 201 g/mol. The minimum Gasteiger partial charge on any atom is -0.497 e. The lowest BCUT2D eigenvalue weighted by atomic mass is 10.2. The predicted molar refractivity (Wildman–Crippen MR) is 49.2 cm³/mol. The third-order valence-corrected chi connectivity index (χ3v) is 2.36. The fraction of sp³-hybridized carbons (Fsp3) is 0. The van der Waals surface area contributed by atoms with Gasteiger partial charge in [-0.2, -0.15) is 4.79 Å². The van der Waals surface area contributed by atoms with E-state index in [4.69, 9.17) is 0 Å². The number of nitrogens with zero attached hydrogens (tertiary/aromatic N) is 1. The van der Waals surface area contributed by atoms with Crippen LogP contribution in [-0.4, -0.2) is 12.3 Å². The highest BCUT2D eigenvalue weighted by Crippen LogP contribution is 2.35. The topological polar surface area (TPSA) is 57.2 Å². The van der Waals surface area contributed by atoms with Crippen molar-refractivity contribution < 1.29 is 19.1 Å². The summed E-state index contributed by atoms with van der Waals surface area (Å²) in [6.45, 7) is 0. The van der Waals surface area contributed by atoms with Gasteiger partial charge in [-0.15, -0.1) is 8.87 Å². The Hall–Kier alpha value is -2.01. The normalized spacial score (nSPS) is 22.5. The molecule has 0 saturated heterocycles. The van der Waals surface area contributed by atoms with Gasteiger partial charge >= 0.3 is 6.16 Å². The molecule has 0 N–H and O–H groups in total. The van der Waals surface area contributed by atoms with Gasteiger partial charge < -0.3 is 9.90 Å². The number of rotatable bonds is 0. The summed E-state index contributed by atoms with van der Waals surface area (Å²) >= 11 is 0. The molecule has 0 spiro atoms. The molecule has 1 aromatic carbocycles. The molecule has 0 aromatic heterocycles. The number of para-hydroxylation sites is 1. The summed E-state index contributed by atoms with van der Waals surface area (Å²) in [6, 6.07) is 6.17. The van der Waals surface area contributed by atoms with Crippen molar-refractivity contribution in [2.24, 2.45) is 0 Å². The van der Waals surface area contributed by atoms with E-state index in [0.29, 0.717) is 5.56 Å². The molecular formula is C10H6FNO3. The molecule has 0 radical (unpaired) electrons. The highest BCUT2D eigenvalue weighted by Gasteiger charge is 2.45. The summed E-state index contributed by atoms with van der Waals surface area (Å²) in [7, 11) is 0. The average Bonchev–Trinajstić information content (AvgIpc) is 2.57. The van der Waals surface area contributed by atoms with E-state index in [2.05, 4.69) is 0 Å². The maximum absolute atomic E-state index is 12.9. The highest BCUT2D eigenvalue weighted by atomic mass is 19.1. The van der Waals surface area contributed by atoms with Gasteiger partial charge in [-0.05, 0) is 6.07 Å². The number of carbonyl (C=O) groups is 2. The number of benzene rings is 1. The SMILES string of the molecule is O=C([O-])[N@+]1(C(=O)F)C=Cc2ccccc21. The van der Waals surface area contributed by atoms with Crippen LogP contribution in [0, 0.1) is 0 Å². The lowest BCUT2D eigenvalue weighted by molar-refractivity contribution is -0.258. The summed E-state index contributed by atoms with van der Waals surface area (Å²) < 4.78 is 11.3. The molecule has 0 bridgehead atoms. The molecule has 1 atom stereocenters. The van der Waals surface area contributed by atoms with E-state index in [1.807, 2.05) is 0 Å². The largest absolute Gasteiger partial charge is 0.521 e. The number of fused-ring (bicyclic) bond motifs is 1. The summed E-state index contributed by atoms with van der Waals surface area (Å²) in [5, 5.41) is 10.9. The van der Waals surface area contributed by atoms with Crippen LogP contribution in [0.2, 0.25) is 0 Å². The second-order valence-corrected chi connectivity index (χ2v) is 3.12. The van der Waals surface area contributed by atoms with Crippen molar-refractivity contribution in [3.63, 3.8) is 0 Å². The van der Waals surface area contributed by atoms with Crippen LogP contribution >= 0.6 is 0 Å². The van der Waals surface area contributed by atoms with Crippen molar-refractivity contribution in [3.05, 3.63) is 36.0 Å². The summed E-state index contributed by atoms with van der Waals surface area (Å²) in [4.78, 5) is 21.7. The second kappa shape index (κ2) is 2.99. The molecule has 1 aliphatic rings. The minimum absolute atomic E-state index is 0.0602. The Morgan fingerprint density at radius 3 is 2.53 bits per heavy atom. The molecule has 2 rings (SSSR count). The van der Waals surface area contributed by atoms with Gasteiger partial charge in [-0.25, -0.2) is 0 Å². The summed E-state index contributed by atoms with van der Waals surface area (Å²) in [5.74, 6) is 0. The summed E-state index contributed by atoms with van der Waals surface area (Å²) in [5.41, 5.74) is 0.553. The Morgan fingerprint density at radius 1 is 1.27 bits per heavy atom. The van der Waals surface area contributed by atoms with Gasteiger partial charge in [0, 0.05) is 17.7 Å². The molecule has 76 valence electrons. The third kappa shape index (κ3) is 1.10. The molecule has 15 heavy (non-hydrogen) atoms. The van der Waals surface area contributed by atoms with Crippen molar-refractivity contribution in [1.82, 2.24) is 4.48 Å². The smallest absolute Gasteiger partial charge is 0.497 e. The Bertz CT molecular complexity index is 467. The van der Waals surface area contributed by atoms with Crippen molar-refractivity contribution >= 4 is 24.0 Å². The lowest BCUT2D eigenvalue weighted by Crippen LogP contribution is -2.57. The molecule has 1 aromatic rings. The fourth-order valence-corrected chi connectivity index (χ4v) is 1.61. The third-order valence-electron chi connectivity index (χ3n) is 2.36. The molecule has 0 unspecified atom stereocenters. The van der Waals surface area contributed by atoms with Gasteiger partial charge in [-0.3, -0.25) is 0 Å². The van der Waals surface area contributed by atoms with Crippen molar-refractivity contribution in [2.45, 2.75) is 0 Å². The highest BCUT2D eigenvalue weighted by molar-refractivity contribution is 6.07. The molecule has 1 heterocycles. The quantitative estimate of drug-likeness (QED) is 0.367. The number of hydrogen-bond donors (Lipinski definition) is 0. The fourth-order valence-electron chi connectivity index (χ4n) is 1.61. The van der Waals surface area contributed by atoms with E-state index in [9.17, 15) is 19.1 Å². The molecule has 0 fully saturated rings. The van der Waals surface area contributed by atoms with E-state index < -0.39 is 16.7 Å². The Morgan fingerprint density at radius 2 is 1.93 bits per heavy atom. The maximum atomic E-state index is 12.9. The number of carboxylic acid groups (broad SMARTS) is 1. The van der Waals surface area contributed by atoms with Gasteiger partial charge in [0.1, 0.15) is 6.20 Å². The van der Waals surface area contributed by atoms with E-state index >= 15 is 0 Å². The first-order valence-electron chi connectivity index (χ1n) is 4.18. The zero-order valence-corrected chi connectivity index (χ0v) is 7.51. The first kappa shape index (κ1) is 9.54. The predicted octanol–water partition coefficient (Wildman–Crippen LogP) is 1.41. The van der Waals surface area contributed by atoms with Crippen LogP contribution in [0.15, 0.2) is 30.5 Å². The molecule has 2 amide bonds. The van der Waals surface area contributed by atoms with E-state index in [1.54, 1.807) is 12.1 Å². The van der Waals surface area contributed by atoms with E-state index in [0.717, 1.165) is 6.20 Å². The van der Waals surface area contributed by atoms with Crippen LogP contribution in [0.3, 0.4) is 0 Å². The Kier molecular flexibility index (Phi) is 1.90. The van der Waals surface area contributed by atoms with Gasteiger partial charge in [0.15, 0.2) is 5.69 Å². The van der Waals surface area contributed by atoms with Gasteiger partial charge in [-0.1, -0.05) is 12.1 Å². The van der Waals surface area contributed by atoms with Crippen LogP contribution in [0.25, 0.3) is 6.08 Å². The van der Waals surface area contributed by atoms with E-state index in [-0.39, 0.29) is 5.69 Å². The molecule has 5 heteroatoms. The first-order chi connectivity index (χ1) is 7.09. The average molecular weight is 207 g/mol. The van der Waals surface area contributed by atoms with Crippen LogP contribution in [0.1, 0.15) is 5.56 Å². The maximum Gasteiger partial charge on any atom is 0.521 e. The Labute approximate surface area is 84.4 Å². The number of halogens is 1. The van der Waals surface area contributed by atoms with Crippen molar-refractivity contribution in [2.75, 3.05) is 0 Å². The molecule has 0 saturated carbocycles. The van der Waals surface area contributed by atoms with Crippen molar-refractivity contribution in [3.8, 4) is 0 Å². The molecule has 4 nitrogen and oxygen atoms in total. The monoisotopic (exact) mass is 207 g/mol. The zero-order chi connectivity index (χ0) is 11.1. The minimum atomic E-state index is -1.99. The Balaban J connectivity index is 2.70. The van der Waals surface area contributed by atoms with E-state index in [1.165, 1.54) is 18.2 Å². The van der Waals surface area contributed by atoms with Crippen LogP contribution < -0.4 is 9.59 Å². The number of carbonyl (C=O) groups excluding carboxylic acids is 2. The number of imide groups is 1.